The average molecular weight is 289 g/mol. The number of aliphatic hydroxyl groups is 1. The van der Waals surface area contributed by atoms with Crippen LogP contribution in [0.25, 0.3) is 0 Å². The fourth-order valence-corrected chi connectivity index (χ4v) is 2.42. The molecule has 1 heterocycles. The second kappa shape index (κ2) is 7.24. The molecule has 0 saturated carbocycles. The van der Waals surface area contributed by atoms with E-state index < -0.39 is 0 Å². The van der Waals surface area contributed by atoms with Crippen molar-refractivity contribution in [2.45, 2.75) is 33.5 Å². The third-order valence-corrected chi connectivity index (χ3v) is 3.61. The number of nitrogens with one attached hydrogen (secondary N) is 1. The quantitative estimate of drug-likeness (QED) is 0.816. The highest BCUT2D eigenvalue weighted by atomic mass is 16.5. The number of methoxy groups -OCH3 is 1. The average Bonchev–Trinajstić information content (AvgIpc) is 2.75. The molecule has 5 heteroatoms. The third kappa shape index (κ3) is 3.83. The number of rotatable bonds is 7. The van der Waals surface area contributed by atoms with Crippen molar-refractivity contribution in [2.75, 3.05) is 13.7 Å². The van der Waals surface area contributed by atoms with Gasteiger partial charge in [-0.05, 0) is 31.5 Å². The van der Waals surface area contributed by atoms with Gasteiger partial charge in [-0.1, -0.05) is 12.1 Å². The van der Waals surface area contributed by atoms with E-state index in [1.54, 1.807) is 7.11 Å². The van der Waals surface area contributed by atoms with Crippen LogP contribution >= 0.6 is 0 Å². The second-order valence-corrected chi connectivity index (χ2v) is 5.05. The SMILES string of the molecule is COc1cccc(CNCc2c(C)nn(CCO)c2C)c1. The molecular weight excluding hydrogens is 266 g/mol. The Morgan fingerprint density at radius 3 is 2.81 bits per heavy atom. The molecule has 114 valence electrons. The maximum Gasteiger partial charge on any atom is 0.119 e. The minimum Gasteiger partial charge on any atom is -0.497 e. The van der Waals surface area contributed by atoms with Gasteiger partial charge in [-0.15, -0.1) is 0 Å². The standard InChI is InChI=1S/C16H23N3O2/c1-12-16(13(2)19(18-12)7-8-20)11-17-10-14-5-4-6-15(9-14)21-3/h4-6,9,17,20H,7-8,10-11H2,1-3H3. The van der Waals surface area contributed by atoms with E-state index in [2.05, 4.69) is 16.5 Å². The van der Waals surface area contributed by atoms with Crippen molar-refractivity contribution in [3.63, 3.8) is 0 Å². The van der Waals surface area contributed by atoms with Crippen molar-refractivity contribution in [2.24, 2.45) is 0 Å². The third-order valence-electron chi connectivity index (χ3n) is 3.61. The molecule has 2 aromatic rings. The number of aryl methyl sites for hydroxylation is 1. The Morgan fingerprint density at radius 2 is 2.10 bits per heavy atom. The second-order valence-electron chi connectivity index (χ2n) is 5.05. The molecule has 5 nitrogen and oxygen atoms in total. The lowest BCUT2D eigenvalue weighted by atomic mass is 10.1. The molecule has 0 amide bonds. The fourth-order valence-electron chi connectivity index (χ4n) is 2.42. The molecule has 2 N–H and O–H groups in total. The predicted octanol–water partition coefficient (Wildman–Crippen LogP) is 1.79. The smallest absolute Gasteiger partial charge is 0.119 e. The summed E-state index contributed by atoms with van der Waals surface area (Å²) in [7, 11) is 1.68. The lowest BCUT2D eigenvalue weighted by Crippen LogP contribution is -2.14. The molecule has 0 fully saturated rings. The first-order chi connectivity index (χ1) is 10.2. The van der Waals surface area contributed by atoms with Crippen molar-refractivity contribution < 1.29 is 9.84 Å². The zero-order chi connectivity index (χ0) is 15.2. The first-order valence-corrected chi connectivity index (χ1v) is 7.13. The van der Waals surface area contributed by atoms with Crippen LogP contribution in [-0.2, 0) is 19.6 Å². The van der Waals surface area contributed by atoms with Crippen molar-refractivity contribution in [3.8, 4) is 5.75 Å². The Morgan fingerprint density at radius 1 is 1.29 bits per heavy atom. The van der Waals surface area contributed by atoms with E-state index in [1.165, 1.54) is 11.1 Å². The zero-order valence-electron chi connectivity index (χ0n) is 12.9. The first kappa shape index (κ1) is 15.5. The minimum absolute atomic E-state index is 0.110. The van der Waals surface area contributed by atoms with Gasteiger partial charge in [0.05, 0.1) is 26.0 Å². The van der Waals surface area contributed by atoms with E-state index in [0.717, 1.165) is 30.2 Å². The molecule has 0 aliphatic carbocycles. The van der Waals surface area contributed by atoms with Gasteiger partial charge in [0.1, 0.15) is 5.75 Å². The largest absolute Gasteiger partial charge is 0.497 e. The van der Waals surface area contributed by atoms with Crippen LogP contribution in [0, 0.1) is 13.8 Å². The van der Waals surface area contributed by atoms with E-state index in [4.69, 9.17) is 9.84 Å². The van der Waals surface area contributed by atoms with Crippen molar-refractivity contribution in [3.05, 3.63) is 46.8 Å². The van der Waals surface area contributed by atoms with Gasteiger partial charge < -0.3 is 15.2 Å². The van der Waals surface area contributed by atoms with Gasteiger partial charge in [-0.25, -0.2) is 0 Å². The van der Waals surface area contributed by atoms with Gasteiger partial charge in [0.25, 0.3) is 0 Å². The van der Waals surface area contributed by atoms with Crippen LogP contribution in [0.1, 0.15) is 22.5 Å². The summed E-state index contributed by atoms with van der Waals surface area (Å²) in [5, 5.41) is 16.9. The summed E-state index contributed by atoms with van der Waals surface area (Å²) in [5.41, 5.74) is 4.51. The summed E-state index contributed by atoms with van der Waals surface area (Å²) in [6.07, 6.45) is 0. The highest BCUT2D eigenvalue weighted by Gasteiger charge is 2.10. The molecule has 2 rings (SSSR count). The number of hydrogen-bond donors (Lipinski definition) is 2. The number of nitrogens with zero attached hydrogens (tertiary/aromatic N) is 2. The van der Waals surface area contributed by atoms with E-state index in [9.17, 15) is 0 Å². The van der Waals surface area contributed by atoms with E-state index >= 15 is 0 Å². The van der Waals surface area contributed by atoms with Gasteiger partial charge in [0.2, 0.25) is 0 Å². The first-order valence-electron chi connectivity index (χ1n) is 7.13. The number of aliphatic hydroxyl groups excluding tert-OH is 1. The Hall–Kier alpha value is -1.85. The van der Waals surface area contributed by atoms with Crippen LogP contribution in [0.5, 0.6) is 5.75 Å². The highest BCUT2D eigenvalue weighted by molar-refractivity contribution is 5.29. The van der Waals surface area contributed by atoms with Gasteiger partial charge in [-0.3, -0.25) is 4.68 Å². The molecule has 0 aliphatic rings. The van der Waals surface area contributed by atoms with Crippen LogP contribution in [0.15, 0.2) is 24.3 Å². The zero-order valence-corrected chi connectivity index (χ0v) is 12.9. The number of aromatic nitrogens is 2. The Kier molecular flexibility index (Phi) is 5.36. The maximum atomic E-state index is 9.03. The topological polar surface area (TPSA) is 59.3 Å². The normalized spacial score (nSPS) is 10.9. The van der Waals surface area contributed by atoms with Gasteiger partial charge >= 0.3 is 0 Å². The highest BCUT2D eigenvalue weighted by Crippen LogP contribution is 2.14. The Bertz CT molecular complexity index is 593. The summed E-state index contributed by atoms with van der Waals surface area (Å²) in [5.74, 6) is 0.873. The predicted molar refractivity (Wildman–Crippen MR) is 82.3 cm³/mol. The molecule has 21 heavy (non-hydrogen) atoms. The number of hydrogen-bond acceptors (Lipinski definition) is 4. The molecule has 0 atom stereocenters. The summed E-state index contributed by atoms with van der Waals surface area (Å²) < 4.78 is 7.08. The van der Waals surface area contributed by atoms with E-state index in [-0.39, 0.29) is 6.61 Å². The molecule has 0 unspecified atom stereocenters. The summed E-state index contributed by atoms with van der Waals surface area (Å²) in [6.45, 7) is 6.24. The molecule has 0 saturated heterocycles. The van der Waals surface area contributed by atoms with E-state index in [1.807, 2.05) is 36.7 Å². The Labute approximate surface area is 125 Å². The van der Waals surface area contributed by atoms with Gasteiger partial charge in [-0.2, -0.15) is 5.10 Å². The van der Waals surface area contributed by atoms with Crippen LogP contribution in [0.2, 0.25) is 0 Å². The van der Waals surface area contributed by atoms with Gasteiger partial charge in [0.15, 0.2) is 0 Å². The van der Waals surface area contributed by atoms with Crippen LogP contribution < -0.4 is 10.1 Å². The van der Waals surface area contributed by atoms with Crippen LogP contribution in [-0.4, -0.2) is 28.6 Å². The molecule has 0 spiro atoms. The molecule has 0 bridgehead atoms. The molecule has 0 radical (unpaired) electrons. The summed E-state index contributed by atoms with van der Waals surface area (Å²) in [4.78, 5) is 0. The molecular formula is C16H23N3O2. The molecule has 1 aromatic carbocycles. The van der Waals surface area contributed by atoms with Crippen molar-refractivity contribution in [1.82, 2.24) is 15.1 Å². The monoisotopic (exact) mass is 289 g/mol. The summed E-state index contributed by atoms with van der Waals surface area (Å²) >= 11 is 0. The molecule has 1 aromatic heterocycles. The van der Waals surface area contributed by atoms with Crippen LogP contribution in [0.4, 0.5) is 0 Å². The van der Waals surface area contributed by atoms with Crippen molar-refractivity contribution in [1.29, 1.82) is 0 Å². The maximum absolute atomic E-state index is 9.03. The Balaban J connectivity index is 1.97. The lowest BCUT2D eigenvalue weighted by Gasteiger charge is -2.07. The van der Waals surface area contributed by atoms with Gasteiger partial charge in [0, 0.05) is 24.3 Å². The minimum atomic E-state index is 0.110. The van der Waals surface area contributed by atoms with E-state index in [0.29, 0.717) is 6.54 Å². The molecule has 0 aliphatic heterocycles. The lowest BCUT2D eigenvalue weighted by molar-refractivity contribution is 0.267. The summed E-state index contributed by atoms with van der Waals surface area (Å²) in [6, 6.07) is 8.04. The fraction of sp³-hybridized carbons (Fsp3) is 0.438. The van der Waals surface area contributed by atoms with Crippen molar-refractivity contribution >= 4 is 0 Å². The number of benzene rings is 1. The number of ether oxygens (including phenoxy) is 1. The van der Waals surface area contributed by atoms with Crippen LogP contribution in [0.3, 0.4) is 0 Å².